The third-order valence-corrected chi connectivity index (χ3v) is 10.1. The number of aromatic nitrogens is 2. The van der Waals surface area contributed by atoms with Crippen LogP contribution in [0.5, 0.6) is 0 Å². The van der Waals surface area contributed by atoms with E-state index in [0.29, 0.717) is 0 Å². The lowest BCUT2D eigenvalue weighted by atomic mass is 9.99. The van der Waals surface area contributed by atoms with E-state index in [2.05, 4.69) is 214 Å². The van der Waals surface area contributed by atoms with Gasteiger partial charge in [-0.1, -0.05) is 115 Å². The summed E-state index contributed by atoms with van der Waals surface area (Å²) >= 11 is 0. The molecule has 2 heterocycles. The van der Waals surface area contributed by atoms with Gasteiger partial charge in [0.2, 0.25) is 0 Å². The Balaban J connectivity index is 1.24. The highest BCUT2D eigenvalue weighted by Crippen LogP contribution is 2.44. The standard InChI is InChI=1S/C48H33N3/c1-5-16-34(17-6-1)40-25-15-27-47-48(40)43-33-39(29-31-46(43)51(47)37-22-11-4-12-23-37)49(35-18-7-2-8-19-35)38-28-30-45-42(32-38)41-24-13-14-26-44(41)50(45)36-20-9-3-10-21-36/h1-33H. The van der Waals surface area contributed by atoms with E-state index in [1.807, 2.05) is 0 Å². The largest absolute Gasteiger partial charge is 0.310 e. The van der Waals surface area contributed by atoms with E-state index in [-0.39, 0.29) is 0 Å². The van der Waals surface area contributed by atoms with Crippen LogP contribution in [0, 0.1) is 0 Å². The lowest BCUT2D eigenvalue weighted by Crippen LogP contribution is -2.09. The van der Waals surface area contributed by atoms with E-state index in [4.69, 9.17) is 0 Å². The molecular formula is C48H33N3. The predicted octanol–water partition coefficient (Wildman–Crippen LogP) is 13.0. The Morgan fingerprint density at radius 1 is 0.314 bits per heavy atom. The van der Waals surface area contributed by atoms with Gasteiger partial charge in [0, 0.05) is 50.0 Å². The van der Waals surface area contributed by atoms with Gasteiger partial charge in [0.15, 0.2) is 0 Å². The van der Waals surface area contributed by atoms with Crippen molar-refractivity contribution < 1.29 is 0 Å². The number of fused-ring (bicyclic) bond motifs is 6. The maximum Gasteiger partial charge on any atom is 0.0547 e. The van der Waals surface area contributed by atoms with Gasteiger partial charge < -0.3 is 14.0 Å². The van der Waals surface area contributed by atoms with Crippen molar-refractivity contribution in [3.63, 3.8) is 0 Å². The summed E-state index contributed by atoms with van der Waals surface area (Å²) in [7, 11) is 0. The topological polar surface area (TPSA) is 13.1 Å². The fourth-order valence-corrected chi connectivity index (χ4v) is 7.89. The normalized spacial score (nSPS) is 11.5. The molecule has 10 aromatic rings. The molecule has 0 radical (unpaired) electrons. The van der Waals surface area contributed by atoms with Crippen molar-refractivity contribution in [3.05, 3.63) is 200 Å². The van der Waals surface area contributed by atoms with Crippen LogP contribution < -0.4 is 4.90 Å². The lowest BCUT2D eigenvalue weighted by molar-refractivity contribution is 1.18. The van der Waals surface area contributed by atoms with E-state index in [9.17, 15) is 0 Å². The zero-order chi connectivity index (χ0) is 33.7. The van der Waals surface area contributed by atoms with E-state index in [0.717, 1.165) is 28.4 Å². The molecule has 51 heavy (non-hydrogen) atoms. The molecule has 3 nitrogen and oxygen atoms in total. The van der Waals surface area contributed by atoms with Crippen molar-refractivity contribution in [2.45, 2.75) is 0 Å². The van der Waals surface area contributed by atoms with Crippen LogP contribution in [-0.4, -0.2) is 9.13 Å². The fraction of sp³-hybridized carbons (Fsp3) is 0. The molecule has 0 N–H and O–H groups in total. The van der Waals surface area contributed by atoms with Gasteiger partial charge in [-0.15, -0.1) is 0 Å². The highest BCUT2D eigenvalue weighted by molar-refractivity contribution is 6.17. The summed E-state index contributed by atoms with van der Waals surface area (Å²) in [5.41, 5.74) is 12.8. The monoisotopic (exact) mass is 651 g/mol. The third-order valence-electron chi connectivity index (χ3n) is 10.1. The summed E-state index contributed by atoms with van der Waals surface area (Å²) in [4.78, 5) is 2.39. The Labute approximate surface area is 296 Å². The summed E-state index contributed by atoms with van der Waals surface area (Å²) in [5.74, 6) is 0. The quantitative estimate of drug-likeness (QED) is 0.174. The van der Waals surface area contributed by atoms with Crippen LogP contribution in [0.4, 0.5) is 17.1 Å². The SMILES string of the molecule is c1ccc(-c2cccc3c2c2cc(N(c4ccccc4)c4ccc5c(c4)c4ccccc4n5-c4ccccc4)ccc2n3-c2ccccc2)cc1. The number of anilines is 3. The molecule has 3 heteroatoms. The molecular weight excluding hydrogens is 619 g/mol. The minimum absolute atomic E-state index is 1.11. The van der Waals surface area contributed by atoms with E-state index < -0.39 is 0 Å². The molecule has 8 aromatic carbocycles. The highest BCUT2D eigenvalue weighted by Gasteiger charge is 2.21. The van der Waals surface area contributed by atoms with Crippen LogP contribution in [0.15, 0.2) is 200 Å². The van der Waals surface area contributed by atoms with Gasteiger partial charge in [-0.3, -0.25) is 0 Å². The van der Waals surface area contributed by atoms with Crippen molar-refractivity contribution in [1.29, 1.82) is 0 Å². The van der Waals surface area contributed by atoms with Crippen LogP contribution in [0.2, 0.25) is 0 Å². The zero-order valence-electron chi connectivity index (χ0n) is 27.9. The first-order valence-corrected chi connectivity index (χ1v) is 17.5. The Bertz CT molecular complexity index is 2830. The summed E-state index contributed by atoms with van der Waals surface area (Å²) in [6, 6.07) is 72.1. The number of rotatable bonds is 6. The van der Waals surface area contributed by atoms with Gasteiger partial charge in [-0.05, 0) is 96.1 Å². The number of hydrogen-bond acceptors (Lipinski definition) is 1. The van der Waals surface area contributed by atoms with Gasteiger partial charge in [0.05, 0.1) is 22.1 Å². The first kappa shape index (κ1) is 29.1. The Hall–Kier alpha value is -6.84. The highest BCUT2D eigenvalue weighted by atomic mass is 15.1. The second-order valence-corrected chi connectivity index (χ2v) is 13.0. The molecule has 0 fully saturated rings. The van der Waals surface area contributed by atoms with Gasteiger partial charge in [0.1, 0.15) is 0 Å². The van der Waals surface area contributed by atoms with Gasteiger partial charge in [0.25, 0.3) is 0 Å². The smallest absolute Gasteiger partial charge is 0.0547 e. The van der Waals surface area contributed by atoms with E-state index in [1.165, 1.54) is 54.7 Å². The maximum absolute atomic E-state index is 2.40. The Kier molecular flexibility index (Phi) is 6.81. The lowest BCUT2D eigenvalue weighted by Gasteiger charge is -2.26. The average Bonchev–Trinajstić information content (AvgIpc) is 3.72. The van der Waals surface area contributed by atoms with Gasteiger partial charge in [-0.2, -0.15) is 0 Å². The Morgan fingerprint density at radius 3 is 1.47 bits per heavy atom. The molecule has 0 saturated heterocycles. The Morgan fingerprint density at radius 2 is 0.804 bits per heavy atom. The van der Waals surface area contributed by atoms with Gasteiger partial charge >= 0.3 is 0 Å². The predicted molar refractivity (Wildman–Crippen MR) is 215 cm³/mol. The van der Waals surface area contributed by atoms with E-state index in [1.54, 1.807) is 0 Å². The van der Waals surface area contributed by atoms with E-state index >= 15 is 0 Å². The molecule has 10 rings (SSSR count). The number of nitrogens with zero attached hydrogens (tertiary/aromatic N) is 3. The van der Waals surface area contributed by atoms with Crippen LogP contribution in [-0.2, 0) is 0 Å². The third kappa shape index (κ3) is 4.74. The summed E-state index contributed by atoms with van der Waals surface area (Å²) in [5, 5.41) is 4.92. The number of hydrogen-bond donors (Lipinski definition) is 0. The average molecular weight is 652 g/mol. The van der Waals surface area contributed by atoms with Crippen molar-refractivity contribution in [2.24, 2.45) is 0 Å². The molecule has 0 aliphatic carbocycles. The second-order valence-electron chi connectivity index (χ2n) is 13.0. The summed E-state index contributed by atoms with van der Waals surface area (Å²) in [6.07, 6.45) is 0. The fourth-order valence-electron chi connectivity index (χ4n) is 7.89. The summed E-state index contributed by atoms with van der Waals surface area (Å²) < 4.78 is 4.77. The van der Waals surface area contributed by atoms with Crippen LogP contribution in [0.25, 0.3) is 66.1 Å². The molecule has 0 bridgehead atoms. The maximum atomic E-state index is 2.40. The molecule has 240 valence electrons. The minimum Gasteiger partial charge on any atom is -0.310 e. The molecule has 2 aromatic heterocycles. The number of benzene rings is 8. The van der Waals surface area contributed by atoms with Crippen molar-refractivity contribution >= 4 is 60.7 Å². The van der Waals surface area contributed by atoms with Crippen molar-refractivity contribution in [1.82, 2.24) is 9.13 Å². The molecule has 0 spiro atoms. The first-order valence-electron chi connectivity index (χ1n) is 17.5. The van der Waals surface area contributed by atoms with Crippen LogP contribution in [0.1, 0.15) is 0 Å². The minimum atomic E-state index is 1.11. The first-order chi connectivity index (χ1) is 25.3. The summed E-state index contributed by atoms with van der Waals surface area (Å²) in [6.45, 7) is 0. The molecule has 0 atom stereocenters. The molecule has 0 aliphatic heterocycles. The molecule has 0 unspecified atom stereocenters. The molecule has 0 amide bonds. The van der Waals surface area contributed by atoms with Crippen LogP contribution in [0.3, 0.4) is 0 Å². The second kappa shape index (κ2) is 11.9. The van der Waals surface area contributed by atoms with Crippen LogP contribution >= 0.6 is 0 Å². The molecule has 0 saturated carbocycles. The zero-order valence-corrected chi connectivity index (χ0v) is 27.9. The number of para-hydroxylation sites is 4. The molecule has 0 aliphatic rings. The van der Waals surface area contributed by atoms with Crippen molar-refractivity contribution in [2.75, 3.05) is 4.90 Å². The van der Waals surface area contributed by atoms with Gasteiger partial charge in [-0.25, -0.2) is 0 Å². The van der Waals surface area contributed by atoms with Crippen molar-refractivity contribution in [3.8, 4) is 22.5 Å².